The molecule has 5 heteroatoms. The molecule has 0 aliphatic carbocycles. The summed E-state index contributed by atoms with van der Waals surface area (Å²) in [4.78, 5) is 23.3. The van der Waals surface area contributed by atoms with Crippen LogP contribution in [0.5, 0.6) is 0 Å². The van der Waals surface area contributed by atoms with E-state index in [2.05, 4.69) is 0 Å². The van der Waals surface area contributed by atoms with E-state index in [0.29, 0.717) is 0 Å². The second-order valence-corrected chi connectivity index (χ2v) is 3.77. The minimum atomic E-state index is -1.44. The Bertz CT molecular complexity index is 254. The molecule has 1 rings (SSSR count). The highest BCUT2D eigenvalue weighted by Gasteiger charge is 2.42. The molecule has 1 fully saturated rings. The van der Waals surface area contributed by atoms with E-state index >= 15 is 0 Å². The van der Waals surface area contributed by atoms with Gasteiger partial charge in [-0.1, -0.05) is 13.8 Å². The molecule has 0 spiro atoms. The molecule has 2 atom stereocenters. The predicted molar refractivity (Wildman–Crippen MR) is 47.5 cm³/mol. The Hall–Kier alpha value is -1.13. The summed E-state index contributed by atoms with van der Waals surface area (Å²) in [6.07, 6.45) is -1.31. The van der Waals surface area contributed by atoms with E-state index in [-0.39, 0.29) is 24.8 Å². The molecule has 1 aliphatic rings. The standard InChI is InChI=1S/C9H14FNO3/c1-5(2)8(12)11-4-3-6(10)7(11)9(13)14/h5-7H,3-4H2,1-2H3,(H,13,14)/t6-,7+/m1/s1. The summed E-state index contributed by atoms with van der Waals surface area (Å²) in [6.45, 7) is 3.55. The monoisotopic (exact) mass is 203 g/mol. The zero-order chi connectivity index (χ0) is 10.9. The number of amides is 1. The number of carboxylic acid groups (broad SMARTS) is 1. The maximum absolute atomic E-state index is 13.1. The number of aliphatic carboxylic acids is 1. The number of likely N-dealkylation sites (tertiary alicyclic amines) is 1. The van der Waals surface area contributed by atoms with Gasteiger partial charge in [0.15, 0.2) is 6.04 Å². The summed E-state index contributed by atoms with van der Waals surface area (Å²) < 4.78 is 13.1. The van der Waals surface area contributed by atoms with Crippen LogP contribution in [0.15, 0.2) is 0 Å². The lowest BCUT2D eigenvalue weighted by Crippen LogP contribution is -2.45. The second-order valence-electron chi connectivity index (χ2n) is 3.77. The molecule has 1 saturated heterocycles. The van der Waals surface area contributed by atoms with Crippen molar-refractivity contribution in [1.82, 2.24) is 4.90 Å². The van der Waals surface area contributed by atoms with Crippen LogP contribution in [0.3, 0.4) is 0 Å². The molecule has 4 nitrogen and oxygen atoms in total. The van der Waals surface area contributed by atoms with Gasteiger partial charge in [0.05, 0.1) is 0 Å². The fourth-order valence-electron chi connectivity index (χ4n) is 1.62. The van der Waals surface area contributed by atoms with Crippen LogP contribution in [0.25, 0.3) is 0 Å². The van der Waals surface area contributed by atoms with Crippen LogP contribution in [-0.2, 0) is 9.59 Å². The Morgan fingerprint density at radius 3 is 2.50 bits per heavy atom. The summed E-state index contributed by atoms with van der Waals surface area (Å²) >= 11 is 0. The molecule has 0 aromatic rings. The van der Waals surface area contributed by atoms with E-state index in [9.17, 15) is 14.0 Å². The summed E-state index contributed by atoms with van der Waals surface area (Å²) in [5.74, 6) is -1.84. The first kappa shape index (κ1) is 10.9. The molecule has 0 radical (unpaired) electrons. The minimum Gasteiger partial charge on any atom is -0.480 e. The molecule has 0 aromatic carbocycles. The first-order valence-corrected chi connectivity index (χ1v) is 4.62. The number of rotatable bonds is 2. The highest BCUT2D eigenvalue weighted by molar-refractivity contribution is 5.85. The average molecular weight is 203 g/mol. The smallest absolute Gasteiger partial charge is 0.329 e. The molecule has 1 heterocycles. The number of carbonyl (C=O) groups excluding carboxylic acids is 1. The van der Waals surface area contributed by atoms with Gasteiger partial charge >= 0.3 is 5.97 Å². The van der Waals surface area contributed by atoms with E-state index in [0.717, 1.165) is 4.90 Å². The third-order valence-electron chi connectivity index (χ3n) is 2.35. The minimum absolute atomic E-state index is 0.120. The van der Waals surface area contributed by atoms with Gasteiger partial charge in [0.1, 0.15) is 6.17 Å². The van der Waals surface area contributed by atoms with Crippen LogP contribution >= 0.6 is 0 Å². The Morgan fingerprint density at radius 1 is 1.50 bits per heavy atom. The number of carboxylic acids is 1. The predicted octanol–water partition coefficient (Wildman–Crippen LogP) is 0.666. The fourth-order valence-corrected chi connectivity index (χ4v) is 1.62. The first-order valence-electron chi connectivity index (χ1n) is 4.62. The molecular weight excluding hydrogens is 189 g/mol. The highest BCUT2D eigenvalue weighted by atomic mass is 19.1. The van der Waals surface area contributed by atoms with Crippen molar-refractivity contribution in [1.29, 1.82) is 0 Å². The number of nitrogens with zero attached hydrogens (tertiary/aromatic N) is 1. The van der Waals surface area contributed by atoms with Crippen molar-refractivity contribution in [2.45, 2.75) is 32.5 Å². The van der Waals surface area contributed by atoms with Crippen molar-refractivity contribution in [3.63, 3.8) is 0 Å². The van der Waals surface area contributed by atoms with E-state index in [1.165, 1.54) is 0 Å². The quantitative estimate of drug-likeness (QED) is 0.717. The Kier molecular flexibility index (Phi) is 3.08. The zero-order valence-corrected chi connectivity index (χ0v) is 8.24. The van der Waals surface area contributed by atoms with Crippen molar-refractivity contribution < 1.29 is 19.1 Å². The molecule has 0 unspecified atom stereocenters. The Labute approximate surface area is 81.7 Å². The number of halogens is 1. The number of alkyl halides is 1. The SMILES string of the molecule is CC(C)C(=O)N1CC[C@@H](F)[C@H]1C(=O)O. The summed E-state index contributed by atoms with van der Waals surface area (Å²) in [5, 5.41) is 8.75. The Balaban J connectivity index is 2.79. The third kappa shape index (κ3) is 1.86. The van der Waals surface area contributed by atoms with Gasteiger partial charge in [0.25, 0.3) is 0 Å². The molecule has 1 amide bonds. The van der Waals surface area contributed by atoms with Crippen LogP contribution in [0.2, 0.25) is 0 Å². The molecule has 80 valence electrons. The fraction of sp³-hybridized carbons (Fsp3) is 0.778. The lowest BCUT2D eigenvalue weighted by Gasteiger charge is -2.23. The third-order valence-corrected chi connectivity index (χ3v) is 2.35. The van der Waals surface area contributed by atoms with Gasteiger partial charge in [-0.05, 0) is 6.42 Å². The maximum Gasteiger partial charge on any atom is 0.329 e. The van der Waals surface area contributed by atoms with Crippen LogP contribution in [0.4, 0.5) is 4.39 Å². The largest absolute Gasteiger partial charge is 0.480 e. The van der Waals surface area contributed by atoms with Gasteiger partial charge < -0.3 is 10.0 Å². The second kappa shape index (κ2) is 3.94. The molecule has 1 N–H and O–H groups in total. The van der Waals surface area contributed by atoms with Gasteiger partial charge in [-0.3, -0.25) is 4.79 Å². The molecular formula is C9H14FNO3. The number of carbonyl (C=O) groups is 2. The Morgan fingerprint density at radius 2 is 2.07 bits per heavy atom. The van der Waals surface area contributed by atoms with Crippen LogP contribution < -0.4 is 0 Å². The number of hydrogen-bond acceptors (Lipinski definition) is 2. The van der Waals surface area contributed by atoms with E-state index in [1.54, 1.807) is 13.8 Å². The first-order chi connectivity index (χ1) is 6.45. The summed E-state index contributed by atoms with van der Waals surface area (Å²) in [7, 11) is 0. The van der Waals surface area contributed by atoms with Crippen molar-refractivity contribution in [3.8, 4) is 0 Å². The van der Waals surface area contributed by atoms with Gasteiger partial charge in [-0.2, -0.15) is 0 Å². The van der Waals surface area contributed by atoms with Gasteiger partial charge in [-0.25, -0.2) is 9.18 Å². The molecule has 0 aromatic heterocycles. The normalized spacial score (nSPS) is 27.0. The van der Waals surface area contributed by atoms with Crippen LogP contribution in [0.1, 0.15) is 20.3 Å². The van der Waals surface area contributed by atoms with Crippen LogP contribution in [0, 0.1) is 5.92 Å². The van der Waals surface area contributed by atoms with E-state index in [1.807, 2.05) is 0 Å². The van der Waals surface area contributed by atoms with Crippen molar-refractivity contribution in [3.05, 3.63) is 0 Å². The topological polar surface area (TPSA) is 57.6 Å². The average Bonchev–Trinajstić information content (AvgIpc) is 2.45. The van der Waals surface area contributed by atoms with Crippen molar-refractivity contribution >= 4 is 11.9 Å². The maximum atomic E-state index is 13.1. The molecule has 0 saturated carbocycles. The lowest BCUT2D eigenvalue weighted by molar-refractivity contribution is -0.151. The van der Waals surface area contributed by atoms with Crippen molar-refractivity contribution in [2.24, 2.45) is 5.92 Å². The lowest BCUT2D eigenvalue weighted by atomic mass is 10.1. The molecule has 14 heavy (non-hydrogen) atoms. The van der Waals surface area contributed by atoms with Gasteiger partial charge in [0, 0.05) is 12.5 Å². The van der Waals surface area contributed by atoms with Crippen molar-refractivity contribution in [2.75, 3.05) is 6.54 Å². The highest BCUT2D eigenvalue weighted by Crippen LogP contribution is 2.23. The number of hydrogen-bond donors (Lipinski definition) is 1. The van der Waals surface area contributed by atoms with E-state index < -0.39 is 18.2 Å². The van der Waals surface area contributed by atoms with Gasteiger partial charge in [-0.15, -0.1) is 0 Å². The molecule has 0 bridgehead atoms. The van der Waals surface area contributed by atoms with Gasteiger partial charge in [0.2, 0.25) is 5.91 Å². The summed E-state index contributed by atoms with van der Waals surface area (Å²) in [5.41, 5.74) is 0. The molecule has 1 aliphatic heterocycles. The van der Waals surface area contributed by atoms with Crippen LogP contribution in [-0.4, -0.2) is 40.6 Å². The summed E-state index contributed by atoms with van der Waals surface area (Å²) in [6, 6.07) is -1.29. The van der Waals surface area contributed by atoms with E-state index in [4.69, 9.17) is 5.11 Å². The zero-order valence-electron chi connectivity index (χ0n) is 8.24.